The summed E-state index contributed by atoms with van der Waals surface area (Å²) in [6.07, 6.45) is 1.13. The molecular formula is C13H7F3N2O3. The summed E-state index contributed by atoms with van der Waals surface area (Å²) in [7, 11) is 0. The molecule has 0 aliphatic heterocycles. The molecule has 0 aliphatic rings. The molecule has 1 aromatic heterocycles. The van der Waals surface area contributed by atoms with Gasteiger partial charge >= 0.3 is 5.97 Å². The Morgan fingerprint density at radius 3 is 2.48 bits per heavy atom. The maximum Gasteiger partial charge on any atom is 0.335 e. The molecule has 2 aromatic rings. The summed E-state index contributed by atoms with van der Waals surface area (Å²) in [4.78, 5) is 26.2. The fourth-order valence-corrected chi connectivity index (χ4v) is 1.52. The first kappa shape index (κ1) is 14.5. The maximum atomic E-state index is 13.4. The van der Waals surface area contributed by atoms with E-state index in [4.69, 9.17) is 5.11 Å². The molecule has 0 saturated carbocycles. The Kier molecular flexibility index (Phi) is 3.88. The van der Waals surface area contributed by atoms with Gasteiger partial charge in [-0.1, -0.05) is 0 Å². The standard InChI is InChI=1S/C13H7F3N2O3/c14-8-2-1-7(10(15)11(8)16)12(19)18-9-5-6(13(20)21)3-4-17-9/h1-5H,(H,20,21)(H,17,18,19). The zero-order chi connectivity index (χ0) is 15.6. The molecule has 21 heavy (non-hydrogen) atoms. The molecule has 0 aliphatic carbocycles. The molecule has 0 spiro atoms. The predicted octanol–water partition coefficient (Wildman–Crippen LogP) is 2.45. The average Bonchev–Trinajstić information content (AvgIpc) is 2.45. The minimum atomic E-state index is -1.77. The summed E-state index contributed by atoms with van der Waals surface area (Å²) < 4.78 is 39.2. The van der Waals surface area contributed by atoms with Crippen molar-refractivity contribution in [2.24, 2.45) is 0 Å². The SMILES string of the molecule is O=C(O)c1ccnc(NC(=O)c2ccc(F)c(F)c2F)c1. The first-order chi connectivity index (χ1) is 9.90. The number of carboxylic acid groups (broad SMARTS) is 1. The van der Waals surface area contributed by atoms with Crippen LogP contribution in [-0.4, -0.2) is 22.0 Å². The molecule has 1 amide bonds. The van der Waals surface area contributed by atoms with Gasteiger partial charge in [0.1, 0.15) is 5.82 Å². The number of carbonyl (C=O) groups excluding carboxylic acids is 1. The third-order valence-corrected chi connectivity index (χ3v) is 2.53. The van der Waals surface area contributed by atoms with Crippen LogP contribution >= 0.6 is 0 Å². The number of aromatic carboxylic acids is 1. The van der Waals surface area contributed by atoms with Crippen molar-refractivity contribution in [2.75, 3.05) is 5.32 Å². The Labute approximate surface area is 116 Å². The van der Waals surface area contributed by atoms with Crippen molar-refractivity contribution in [3.63, 3.8) is 0 Å². The smallest absolute Gasteiger partial charge is 0.335 e. The Hall–Kier alpha value is -2.90. The second kappa shape index (κ2) is 5.61. The van der Waals surface area contributed by atoms with E-state index in [1.165, 1.54) is 6.07 Å². The first-order valence-corrected chi connectivity index (χ1v) is 5.54. The number of carboxylic acids is 1. The van der Waals surface area contributed by atoms with Crippen LogP contribution in [0.25, 0.3) is 0 Å². The molecule has 0 atom stereocenters. The van der Waals surface area contributed by atoms with Crippen molar-refractivity contribution in [3.8, 4) is 0 Å². The molecule has 8 heteroatoms. The Morgan fingerprint density at radius 2 is 1.81 bits per heavy atom. The highest BCUT2D eigenvalue weighted by molar-refractivity contribution is 6.04. The van der Waals surface area contributed by atoms with Crippen LogP contribution in [0.2, 0.25) is 0 Å². The van der Waals surface area contributed by atoms with E-state index in [1.807, 2.05) is 0 Å². The van der Waals surface area contributed by atoms with Crippen molar-refractivity contribution in [2.45, 2.75) is 0 Å². The number of anilines is 1. The van der Waals surface area contributed by atoms with Crippen LogP contribution in [0.5, 0.6) is 0 Å². The van der Waals surface area contributed by atoms with Crippen LogP contribution in [0.1, 0.15) is 20.7 Å². The summed E-state index contributed by atoms with van der Waals surface area (Å²) in [5.41, 5.74) is -0.873. The van der Waals surface area contributed by atoms with Crippen LogP contribution in [0.4, 0.5) is 19.0 Å². The normalized spacial score (nSPS) is 10.2. The van der Waals surface area contributed by atoms with E-state index in [0.717, 1.165) is 18.3 Å². The summed E-state index contributed by atoms with van der Waals surface area (Å²) in [5, 5.41) is 10.9. The van der Waals surface area contributed by atoms with Gasteiger partial charge < -0.3 is 10.4 Å². The number of rotatable bonds is 3. The highest BCUT2D eigenvalue weighted by atomic mass is 19.2. The number of aromatic nitrogens is 1. The van der Waals surface area contributed by atoms with Gasteiger partial charge in [-0.25, -0.2) is 22.9 Å². The minimum Gasteiger partial charge on any atom is -0.478 e. The van der Waals surface area contributed by atoms with E-state index in [9.17, 15) is 22.8 Å². The summed E-state index contributed by atoms with van der Waals surface area (Å²) >= 11 is 0. The Balaban J connectivity index is 2.28. The Bertz CT molecular complexity index is 735. The molecule has 0 unspecified atom stereocenters. The molecule has 0 fully saturated rings. The van der Waals surface area contributed by atoms with E-state index in [0.29, 0.717) is 6.07 Å². The van der Waals surface area contributed by atoms with Crippen LogP contribution in [-0.2, 0) is 0 Å². The fraction of sp³-hybridized carbons (Fsp3) is 0. The lowest BCUT2D eigenvalue weighted by Crippen LogP contribution is -2.16. The maximum absolute atomic E-state index is 13.4. The predicted molar refractivity (Wildman–Crippen MR) is 65.5 cm³/mol. The summed E-state index contributed by atoms with van der Waals surface area (Å²) in [6.45, 7) is 0. The van der Waals surface area contributed by atoms with E-state index < -0.39 is 34.9 Å². The quantitative estimate of drug-likeness (QED) is 0.853. The van der Waals surface area contributed by atoms with Gasteiger partial charge in [0.05, 0.1) is 11.1 Å². The van der Waals surface area contributed by atoms with E-state index >= 15 is 0 Å². The number of benzene rings is 1. The second-order valence-electron chi connectivity index (χ2n) is 3.91. The van der Waals surface area contributed by atoms with E-state index in [-0.39, 0.29) is 11.4 Å². The largest absolute Gasteiger partial charge is 0.478 e. The zero-order valence-electron chi connectivity index (χ0n) is 10.2. The van der Waals surface area contributed by atoms with Gasteiger partial charge in [0.2, 0.25) is 0 Å². The molecule has 1 aromatic carbocycles. The molecule has 108 valence electrons. The van der Waals surface area contributed by atoms with Crippen LogP contribution < -0.4 is 5.32 Å². The minimum absolute atomic E-state index is 0.147. The van der Waals surface area contributed by atoms with Crippen LogP contribution in [0, 0.1) is 17.5 Å². The molecule has 0 saturated heterocycles. The lowest BCUT2D eigenvalue weighted by Gasteiger charge is -2.06. The first-order valence-electron chi connectivity index (χ1n) is 5.54. The lowest BCUT2D eigenvalue weighted by molar-refractivity contribution is 0.0696. The van der Waals surface area contributed by atoms with E-state index in [1.54, 1.807) is 0 Å². The molecule has 0 radical (unpaired) electrons. The topological polar surface area (TPSA) is 79.3 Å². The van der Waals surface area contributed by atoms with Gasteiger partial charge in [-0.3, -0.25) is 4.79 Å². The van der Waals surface area contributed by atoms with Gasteiger partial charge in [0.15, 0.2) is 17.5 Å². The summed E-state index contributed by atoms with van der Waals surface area (Å²) in [6, 6.07) is 3.60. The molecule has 2 N–H and O–H groups in total. The number of amides is 1. The lowest BCUT2D eigenvalue weighted by atomic mass is 10.2. The van der Waals surface area contributed by atoms with E-state index in [2.05, 4.69) is 10.3 Å². The van der Waals surface area contributed by atoms with Crippen molar-refractivity contribution in [1.29, 1.82) is 0 Å². The van der Waals surface area contributed by atoms with Gasteiger partial charge in [-0.2, -0.15) is 0 Å². The van der Waals surface area contributed by atoms with Crippen molar-refractivity contribution >= 4 is 17.7 Å². The third-order valence-electron chi connectivity index (χ3n) is 2.53. The van der Waals surface area contributed by atoms with Gasteiger partial charge in [0.25, 0.3) is 5.91 Å². The highest BCUT2D eigenvalue weighted by Crippen LogP contribution is 2.16. The number of nitrogens with one attached hydrogen (secondary N) is 1. The van der Waals surface area contributed by atoms with Crippen LogP contribution in [0.3, 0.4) is 0 Å². The second-order valence-corrected chi connectivity index (χ2v) is 3.91. The summed E-state index contributed by atoms with van der Waals surface area (Å²) in [5.74, 6) is -7.32. The number of carbonyl (C=O) groups is 2. The van der Waals surface area contributed by atoms with Crippen molar-refractivity contribution in [3.05, 3.63) is 59.0 Å². The van der Waals surface area contributed by atoms with Crippen molar-refractivity contribution < 1.29 is 27.9 Å². The average molecular weight is 296 g/mol. The molecule has 5 nitrogen and oxygen atoms in total. The third kappa shape index (κ3) is 2.99. The highest BCUT2D eigenvalue weighted by Gasteiger charge is 2.19. The number of halogens is 3. The van der Waals surface area contributed by atoms with Crippen LogP contribution in [0.15, 0.2) is 30.5 Å². The molecular weight excluding hydrogens is 289 g/mol. The zero-order valence-corrected chi connectivity index (χ0v) is 10.2. The van der Waals surface area contributed by atoms with Gasteiger partial charge in [0, 0.05) is 6.20 Å². The number of pyridine rings is 1. The Morgan fingerprint density at radius 1 is 1.10 bits per heavy atom. The van der Waals surface area contributed by atoms with Gasteiger partial charge in [-0.15, -0.1) is 0 Å². The fourth-order valence-electron chi connectivity index (χ4n) is 1.52. The number of nitrogens with zero attached hydrogens (tertiary/aromatic N) is 1. The monoisotopic (exact) mass is 296 g/mol. The molecule has 2 rings (SSSR count). The van der Waals surface area contributed by atoms with Gasteiger partial charge in [-0.05, 0) is 24.3 Å². The number of hydrogen-bond donors (Lipinski definition) is 2. The molecule has 0 bridgehead atoms. The van der Waals surface area contributed by atoms with Crippen molar-refractivity contribution in [1.82, 2.24) is 4.98 Å². The molecule has 1 heterocycles. The number of hydrogen-bond acceptors (Lipinski definition) is 3.